The number of rotatable bonds is 6. The Hall–Kier alpha value is -2.83. The molecule has 0 spiro atoms. The molecule has 33 heavy (non-hydrogen) atoms. The zero-order valence-corrected chi connectivity index (χ0v) is 19.3. The Kier molecular flexibility index (Phi) is 6.25. The summed E-state index contributed by atoms with van der Waals surface area (Å²) < 4.78 is 7.35. The van der Waals surface area contributed by atoms with E-state index >= 15 is 0 Å². The van der Waals surface area contributed by atoms with Crippen LogP contribution in [0.15, 0.2) is 36.3 Å². The maximum absolute atomic E-state index is 12.5. The van der Waals surface area contributed by atoms with Crippen LogP contribution in [0.3, 0.4) is 0 Å². The number of anilines is 1. The van der Waals surface area contributed by atoms with Crippen molar-refractivity contribution in [3.05, 3.63) is 41.2 Å². The van der Waals surface area contributed by atoms with Gasteiger partial charge in [-0.3, -0.25) is 4.79 Å². The Morgan fingerprint density at radius 1 is 1.39 bits per heavy atom. The lowest BCUT2D eigenvalue weighted by Crippen LogP contribution is -2.44. The summed E-state index contributed by atoms with van der Waals surface area (Å²) in [6, 6.07) is 3.54. The lowest BCUT2D eigenvalue weighted by Gasteiger charge is -2.27. The van der Waals surface area contributed by atoms with Gasteiger partial charge in [0, 0.05) is 23.2 Å². The fourth-order valence-electron chi connectivity index (χ4n) is 3.90. The van der Waals surface area contributed by atoms with Crippen molar-refractivity contribution in [1.82, 2.24) is 19.9 Å². The van der Waals surface area contributed by atoms with Crippen LogP contribution < -0.4 is 11.1 Å². The van der Waals surface area contributed by atoms with Crippen LogP contribution >= 0.6 is 11.3 Å². The van der Waals surface area contributed by atoms with Crippen LogP contribution in [0, 0.1) is 0 Å². The Bertz CT molecular complexity index is 1210. The van der Waals surface area contributed by atoms with Crippen LogP contribution in [0.4, 0.5) is 5.82 Å². The zero-order valence-electron chi connectivity index (χ0n) is 18.5. The molecule has 1 fully saturated rings. The molecular weight excluding hydrogens is 446 g/mol. The van der Waals surface area contributed by atoms with E-state index in [1.165, 1.54) is 24.6 Å². The van der Waals surface area contributed by atoms with Crippen molar-refractivity contribution in [3.8, 4) is 10.4 Å². The van der Waals surface area contributed by atoms with Gasteiger partial charge in [0.2, 0.25) is 0 Å². The summed E-state index contributed by atoms with van der Waals surface area (Å²) in [6.07, 6.45) is 1.66. The molecule has 3 aromatic rings. The number of fused-ring (bicyclic) bond motifs is 1. The van der Waals surface area contributed by atoms with Crippen LogP contribution in [0.2, 0.25) is 0 Å². The lowest BCUT2D eigenvalue weighted by atomic mass is 9.96. The summed E-state index contributed by atoms with van der Waals surface area (Å²) in [6.45, 7) is 5.36. The standard InChI is InChI=1S/C22H27N5O5S/c1-11(2)6-7-24-20(30)15-5-4-14(33-15)12-8-27(19-16(12)18(23)25-10-26-19)21-22(3,31)17(29)13(9-28)32-21/h4-6,8,10,13,17,21,28-29,31H,7,9H2,1-3H3,(H,24,30)(H2,23,25,26)/t13?,17?,21-,22+/m1/s1. The van der Waals surface area contributed by atoms with Crippen molar-refractivity contribution in [1.29, 1.82) is 0 Å². The third kappa shape index (κ3) is 4.13. The molecule has 4 heterocycles. The molecule has 1 saturated heterocycles. The maximum Gasteiger partial charge on any atom is 0.261 e. The summed E-state index contributed by atoms with van der Waals surface area (Å²) in [5, 5.41) is 34.3. The maximum atomic E-state index is 12.5. The molecule has 1 aliphatic rings. The largest absolute Gasteiger partial charge is 0.394 e. The highest BCUT2D eigenvalue weighted by Gasteiger charge is 2.53. The minimum Gasteiger partial charge on any atom is -0.394 e. The summed E-state index contributed by atoms with van der Waals surface area (Å²) in [4.78, 5) is 22.2. The molecule has 0 aromatic carbocycles. The van der Waals surface area contributed by atoms with Crippen LogP contribution in [0.1, 0.15) is 36.7 Å². The molecule has 10 nitrogen and oxygen atoms in total. The summed E-state index contributed by atoms with van der Waals surface area (Å²) in [5.41, 5.74) is 6.66. The predicted octanol–water partition coefficient (Wildman–Crippen LogP) is 1.44. The van der Waals surface area contributed by atoms with E-state index in [-0.39, 0.29) is 11.7 Å². The van der Waals surface area contributed by atoms with Gasteiger partial charge in [0.15, 0.2) is 6.23 Å². The normalized spacial score (nSPS) is 24.8. The average Bonchev–Trinajstić information content (AvgIpc) is 3.44. The van der Waals surface area contributed by atoms with Gasteiger partial charge in [-0.25, -0.2) is 9.97 Å². The number of aromatic nitrogens is 3. The Morgan fingerprint density at radius 3 is 2.82 bits per heavy atom. The second kappa shape index (κ2) is 8.84. The quantitative estimate of drug-likeness (QED) is 0.337. The molecule has 4 atom stereocenters. The third-order valence-corrected chi connectivity index (χ3v) is 6.81. The Labute approximate surface area is 194 Å². The number of aliphatic hydroxyl groups excluding tert-OH is 2. The van der Waals surface area contributed by atoms with Crippen molar-refractivity contribution < 1.29 is 24.9 Å². The number of carbonyl (C=O) groups excluding carboxylic acids is 1. The van der Waals surface area contributed by atoms with Gasteiger partial charge in [0.25, 0.3) is 5.91 Å². The number of nitrogen functional groups attached to an aromatic ring is 1. The van der Waals surface area contributed by atoms with E-state index in [1.807, 2.05) is 26.0 Å². The second-order valence-corrected chi connectivity index (χ2v) is 9.53. The zero-order chi connectivity index (χ0) is 23.9. The van der Waals surface area contributed by atoms with Gasteiger partial charge in [-0.2, -0.15) is 0 Å². The van der Waals surface area contributed by atoms with E-state index in [0.29, 0.717) is 28.0 Å². The monoisotopic (exact) mass is 473 g/mol. The number of nitrogens with one attached hydrogen (secondary N) is 1. The molecule has 3 aromatic heterocycles. The molecule has 1 amide bonds. The molecule has 11 heteroatoms. The average molecular weight is 474 g/mol. The SMILES string of the molecule is CC(C)=CCNC(=O)c1ccc(-c2cn([C@@H]3OC(CO)C(O)[C@]3(C)O)c3ncnc(N)c23)s1. The minimum absolute atomic E-state index is 0.187. The molecular formula is C22H27N5O5S. The smallest absolute Gasteiger partial charge is 0.261 e. The fraction of sp³-hybridized carbons (Fsp3) is 0.409. The predicted molar refractivity (Wildman–Crippen MR) is 125 cm³/mol. The van der Waals surface area contributed by atoms with Crippen molar-refractivity contribution in [2.45, 2.75) is 44.8 Å². The number of carbonyl (C=O) groups is 1. The van der Waals surface area contributed by atoms with Crippen molar-refractivity contribution in [3.63, 3.8) is 0 Å². The first-order chi connectivity index (χ1) is 15.6. The molecule has 6 N–H and O–H groups in total. The molecule has 4 rings (SSSR count). The summed E-state index contributed by atoms with van der Waals surface area (Å²) in [5.74, 6) is 0.0429. The number of thiophene rings is 1. The van der Waals surface area contributed by atoms with Gasteiger partial charge in [0.05, 0.1) is 16.9 Å². The van der Waals surface area contributed by atoms with E-state index in [9.17, 15) is 20.1 Å². The van der Waals surface area contributed by atoms with Crippen LogP contribution in [0.5, 0.6) is 0 Å². The molecule has 2 unspecified atom stereocenters. The Morgan fingerprint density at radius 2 is 2.15 bits per heavy atom. The molecule has 0 radical (unpaired) electrons. The second-order valence-electron chi connectivity index (χ2n) is 8.44. The van der Waals surface area contributed by atoms with Crippen LogP contribution in [-0.4, -0.2) is 66.7 Å². The summed E-state index contributed by atoms with van der Waals surface area (Å²) in [7, 11) is 0. The Balaban J connectivity index is 1.75. The molecule has 0 saturated carbocycles. The van der Waals surface area contributed by atoms with E-state index in [1.54, 1.807) is 16.8 Å². The van der Waals surface area contributed by atoms with Crippen molar-refractivity contribution in [2.75, 3.05) is 18.9 Å². The van der Waals surface area contributed by atoms with E-state index in [2.05, 4.69) is 15.3 Å². The van der Waals surface area contributed by atoms with E-state index in [4.69, 9.17) is 10.5 Å². The highest BCUT2D eigenvalue weighted by Crippen LogP contribution is 2.43. The number of hydrogen-bond donors (Lipinski definition) is 5. The minimum atomic E-state index is -1.69. The highest BCUT2D eigenvalue weighted by atomic mass is 32.1. The molecule has 0 bridgehead atoms. The third-order valence-electron chi connectivity index (χ3n) is 5.69. The van der Waals surface area contributed by atoms with E-state index in [0.717, 1.165) is 10.5 Å². The first kappa shape index (κ1) is 23.3. The van der Waals surface area contributed by atoms with Gasteiger partial charge in [-0.1, -0.05) is 11.6 Å². The number of hydrogen-bond acceptors (Lipinski definition) is 9. The van der Waals surface area contributed by atoms with Crippen molar-refractivity contribution >= 4 is 34.1 Å². The fourth-order valence-corrected chi connectivity index (χ4v) is 4.84. The van der Waals surface area contributed by atoms with Crippen molar-refractivity contribution in [2.24, 2.45) is 0 Å². The number of allylic oxidation sites excluding steroid dienone is 1. The number of ether oxygens (including phenoxy) is 1. The molecule has 176 valence electrons. The first-order valence-corrected chi connectivity index (χ1v) is 11.3. The molecule has 0 aliphatic carbocycles. The van der Waals surface area contributed by atoms with Crippen LogP contribution in [0.25, 0.3) is 21.5 Å². The number of nitrogens with zero attached hydrogens (tertiary/aromatic N) is 3. The van der Waals surface area contributed by atoms with Gasteiger partial charge in [-0.05, 0) is 32.9 Å². The summed E-state index contributed by atoms with van der Waals surface area (Å²) >= 11 is 1.29. The molecule has 1 aliphatic heterocycles. The highest BCUT2D eigenvalue weighted by molar-refractivity contribution is 7.17. The lowest BCUT2D eigenvalue weighted by molar-refractivity contribution is -0.0948. The van der Waals surface area contributed by atoms with Gasteiger partial charge in [0.1, 0.15) is 35.6 Å². The first-order valence-electron chi connectivity index (χ1n) is 10.4. The van der Waals surface area contributed by atoms with E-state index < -0.39 is 30.6 Å². The van der Waals surface area contributed by atoms with Crippen LogP contribution in [-0.2, 0) is 4.74 Å². The number of amides is 1. The van der Waals surface area contributed by atoms with Gasteiger partial charge < -0.3 is 35.7 Å². The van der Waals surface area contributed by atoms with Gasteiger partial charge in [-0.15, -0.1) is 11.3 Å². The number of aliphatic hydroxyl groups is 3. The number of nitrogens with two attached hydrogens (primary N) is 1. The van der Waals surface area contributed by atoms with Gasteiger partial charge >= 0.3 is 0 Å². The topological polar surface area (TPSA) is 156 Å².